The average Bonchev–Trinajstić information content (AvgIpc) is 3.26. The van der Waals surface area contributed by atoms with E-state index in [9.17, 15) is 9.59 Å². The lowest BCUT2D eigenvalue weighted by Crippen LogP contribution is -2.32. The van der Waals surface area contributed by atoms with E-state index in [2.05, 4.69) is 4.98 Å². The summed E-state index contributed by atoms with van der Waals surface area (Å²) < 4.78 is 5.66. The van der Waals surface area contributed by atoms with Crippen LogP contribution in [-0.2, 0) is 11.3 Å². The molecule has 0 saturated carbocycles. The Morgan fingerprint density at radius 1 is 1.06 bits per heavy atom. The van der Waals surface area contributed by atoms with Gasteiger partial charge in [-0.1, -0.05) is 47.2 Å². The van der Waals surface area contributed by atoms with Crippen molar-refractivity contribution in [3.8, 4) is 0 Å². The minimum Gasteiger partial charge on any atom is -0.465 e. The first-order chi connectivity index (χ1) is 15.0. The van der Waals surface area contributed by atoms with Crippen LogP contribution in [0.5, 0.6) is 0 Å². The van der Waals surface area contributed by atoms with E-state index >= 15 is 0 Å². The number of nitrogens with zero attached hydrogens (tertiary/aromatic N) is 3. The van der Waals surface area contributed by atoms with Gasteiger partial charge in [0.1, 0.15) is 0 Å². The topological polar surface area (TPSA) is 72.4 Å². The number of halogens is 1. The first kappa shape index (κ1) is 21.0. The second-order valence-electron chi connectivity index (χ2n) is 6.79. The second-order valence-corrected chi connectivity index (χ2v) is 8.17. The molecule has 156 valence electrons. The lowest BCUT2D eigenvalue weighted by Gasteiger charge is -2.20. The number of thiazole rings is 1. The van der Waals surface area contributed by atoms with E-state index < -0.39 is 5.97 Å². The van der Waals surface area contributed by atoms with Gasteiger partial charge in [-0.2, -0.15) is 0 Å². The normalized spacial score (nSPS) is 10.8. The molecule has 0 aliphatic rings. The van der Waals surface area contributed by atoms with E-state index in [1.54, 1.807) is 30.5 Å². The lowest BCUT2D eigenvalue weighted by molar-refractivity contribution is 0.0597. The number of pyridine rings is 1. The number of esters is 1. The second kappa shape index (κ2) is 8.83. The molecule has 0 saturated heterocycles. The number of benzene rings is 2. The quantitative estimate of drug-likeness (QED) is 0.385. The van der Waals surface area contributed by atoms with Crippen LogP contribution in [0.4, 0.5) is 5.13 Å². The SMILES string of the molecule is COC(=O)c1ccccc1C(=O)N(Cc1ccccn1)c1nc2c(C)ccc(Cl)c2s1. The van der Waals surface area contributed by atoms with E-state index in [1.807, 2.05) is 37.3 Å². The van der Waals surface area contributed by atoms with Gasteiger partial charge < -0.3 is 4.74 Å². The predicted octanol–water partition coefficient (Wildman–Crippen LogP) is 5.29. The number of methoxy groups -OCH3 is 1. The van der Waals surface area contributed by atoms with Gasteiger partial charge in [0.05, 0.1) is 45.7 Å². The lowest BCUT2D eigenvalue weighted by atomic mass is 10.1. The van der Waals surface area contributed by atoms with Crippen molar-refractivity contribution in [2.45, 2.75) is 13.5 Å². The molecule has 8 heteroatoms. The van der Waals surface area contributed by atoms with Crippen molar-refractivity contribution in [2.24, 2.45) is 0 Å². The van der Waals surface area contributed by atoms with E-state index in [1.165, 1.54) is 23.3 Å². The zero-order valence-corrected chi connectivity index (χ0v) is 18.4. The molecule has 0 spiro atoms. The Balaban J connectivity index is 1.85. The zero-order valence-electron chi connectivity index (χ0n) is 16.8. The molecular formula is C23H18ClN3O3S. The van der Waals surface area contributed by atoms with E-state index in [0.29, 0.717) is 15.8 Å². The number of aryl methyl sites for hydroxylation is 1. The van der Waals surface area contributed by atoms with Crippen LogP contribution in [0.3, 0.4) is 0 Å². The van der Waals surface area contributed by atoms with Crippen molar-refractivity contribution in [3.05, 3.63) is 88.2 Å². The molecule has 0 atom stereocenters. The van der Waals surface area contributed by atoms with E-state index in [-0.39, 0.29) is 23.6 Å². The number of aromatic nitrogens is 2. The number of ether oxygens (including phenoxy) is 1. The summed E-state index contributed by atoms with van der Waals surface area (Å²) in [5.74, 6) is -0.954. The van der Waals surface area contributed by atoms with Crippen molar-refractivity contribution in [3.63, 3.8) is 0 Å². The number of amides is 1. The Morgan fingerprint density at radius 3 is 2.48 bits per heavy atom. The molecule has 0 aliphatic carbocycles. The Labute approximate surface area is 188 Å². The van der Waals surface area contributed by atoms with Crippen LogP contribution in [0.1, 0.15) is 32.0 Å². The Hall–Kier alpha value is -3.29. The molecule has 0 radical (unpaired) electrons. The number of hydrogen-bond acceptors (Lipinski definition) is 6. The number of carbonyl (C=O) groups is 2. The highest BCUT2D eigenvalue weighted by Crippen LogP contribution is 2.36. The fourth-order valence-corrected chi connectivity index (χ4v) is 4.50. The third kappa shape index (κ3) is 4.15. The molecule has 4 aromatic rings. The van der Waals surface area contributed by atoms with E-state index in [0.717, 1.165) is 15.8 Å². The van der Waals surface area contributed by atoms with Gasteiger partial charge in [0.2, 0.25) is 0 Å². The number of rotatable bonds is 5. The van der Waals surface area contributed by atoms with Crippen LogP contribution >= 0.6 is 22.9 Å². The van der Waals surface area contributed by atoms with Crippen molar-refractivity contribution in [1.29, 1.82) is 0 Å². The molecule has 0 unspecified atom stereocenters. The Bertz CT molecular complexity index is 1230. The van der Waals surface area contributed by atoms with Gasteiger partial charge in [0.15, 0.2) is 5.13 Å². The molecule has 2 aromatic carbocycles. The predicted molar refractivity (Wildman–Crippen MR) is 122 cm³/mol. The summed E-state index contributed by atoms with van der Waals surface area (Å²) in [6.45, 7) is 2.13. The highest BCUT2D eigenvalue weighted by Gasteiger charge is 2.26. The summed E-state index contributed by atoms with van der Waals surface area (Å²) >= 11 is 7.71. The smallest absolute Gasteiger partial charge is 0.338 e. The Kier molecular flexibility index (Phi) is 5.97. The largest absolute Gasteiger partial charge is 0.465 e. The molecule has 1 amide bonds. The molecule has 2 heterocycles. The van der Waals surface area contributed by atoms with Gasteiger partial charge in [-0.25, -0.2) is 9.78 Å². The third-order valence-corrected chi connectivity index (χ3v) is 6.31. The number of anilines is 1. The molecule has 0 fully saturated rings. The van der Waals surface area contributed by atoms with Crippen LogP contribution in [0.2, 0.25) is 5.02 Å². The molecule has 31 heavy (non-hydrogen) atoms. The Morgan fingerprint density at radius 2 is 1.81 bits per heavy atom. The number of fused-ring (bicyclic) bond motifs is 1. The highest BCUT2D eigenvalue weighted by atomic mass is 35.5. The van der Waals surface area contributed by atoms with Crippen LogP contribution < -0.4 is 4.90 Å². The minimum absolute atomic E-state index is 0.186. The van der Waals surface area contributed by atoms with Gasteiger partial charge in [0, 0.05) is 6.20 Å². The van der Waals surface area contributed by atoms with E-state index in [4.69, 9.17) is 21.3 Å². The van der Waals surface area contributed by atoms with Gasteiger partial charge in [-0.05, 0) is 42.8 Å². The van der Waals surface area contributed by atoms with Gasteiger partial charge in [0.25, 0.3) is 5.91 Å². The maximum atomic E-state index is 13.7. The summed E-state index contributed by atoms with van der Waals surface area (Å²) in [6, 6.07) is 15.8. The summed E-state index contributed by atoms with van der Waals surface area (Å²) in [5, 5.41) is 1.05. The first-order valence-electron chi connectivity index (χ1n) is 9.44. The summed E-state index contributed by atoms with van der Waals surface area (Å²) in [7, 11) is 1.29. The molecule has 4 rings (SSSR count). The van der Waals surface area contributed by atoms with Crippen LogP contribution in [0.15, 0.2) is 60.8 Å². The molecule has 6 nitrogen and oxygen atoms in total. The summed E-state index contributed by atoms with van der Waals surface area (Å²) in [4.78, 5) is 36.5. The fourth-order valence-electron chi connectivity index (χ4n) is 3.19. The first-order valence-corrected chi connectivity index (χ1v) is 10.6. The summed E-state index contributed by atoms with van der Waals surface area (Å²) in [6.07, 6.45) is 1.67. The van der Waals surface area contributed by atoms with Crippen LogP contribution in [-0.4, -0.2) is 29.0 Å². The fraction of sp³-hybridized carbons (Fsp3) is 0.130. The molecule has 2 aromatic heterocycles. The van der Waals surface area contributed by atoms with Crippen LogP contribution in [0.25, 0.3) is 10.2 Å². The maximum absolute atomic E-state index is 13.7. The molecule has 0 aliphatic heterocycles. The van der Waals surface area contributed by atoms with Gasteiger partial charge in [-0.3, -0.25) is 14.7 Å². The van der Waals surface area contributed by atoms with Crippen molar-refractivity contribution >= 4 is 50.2 Å². The maximum Gasteiger partial charge on any atom is 0.338 e. The standard InChI is InChI=1S/C23H18ClN3O3S/c1-14-10-11-18(24)20-19(14)26-23(31-20)27(13-15-7-5-6-12-25-15)21(28)16-8-3-4-9-17(16)22(29)30-2/h3-12H,13H2,1-2H3. The summed E-state index contributed by atoms with van der Waals surface area (Å²) in [5.41, 5.74) is 2.81. The van der Waals surface area contributed by atoms with Crippen molar-refractivity contribution < 1.29 is 14.3 Å². The number of carbonyl (C=O) groups excluding carboxylic acids is 2. The monoisotopic (exact) mass is 451 g/mol. The van der Waals surface area contributed by atoms with Crippen molar-refractivity contribution in [2.75, 3.05) is 12.0 Å². The van der Waals surface area contributed by atoms with Crippen LogP contribution in [0, 0.1) is 6.92 Å². The zero-order chi connectivity index (χ0) is 22.0. The van der Waals surface area contributed by atoms with Gasteiger partial charge in [-0.15, -0.1) is 0 Å². The minimum atomic E-state index is -0.579. The highest BCUT2D eigenvalue weighted by molar-refractivity contribution is 7.23. The number of hydrogen-bond donors (Lipinski definition) is 0. The average molecular weight is 452 g/mol. The van der Waals surface area contributed by atoms with Crippen molar-refractivity contribution in [1.82, 2.24) is 9.97 Å². The third-order valence-electron chi connectivity index (χ3n) is 4.77. The molecule has 0 bridgehead atoms. The molecule has 0 N–H and O–H groups in total. The van der Waals surface area contributed by atoms with Gasteiger partial charge >= 0.3 is 5.97 Å². The molecular weight excluding hydrogens is 434 g/mol.